The summed E-state index contributed by atoms with van der Waals surface area (Å²) < 4.78 is 19.6. The maximum atomic E-state index is 14.3. The molecule has 1 aliphatic carbocycles. The molecule has 0 amide bonds. The Morgan fingerprint density at radius 3 is 2.97 bits per heavy atom. The van der Waals surface area contributed by atoms with Crippen molar-refractivity contribution < 1.29 is 13.9 Å². The summed E-state index contributed by atoms with van der Waals surface area (Å²) in [6, 6.07) is 8.67. The molecule has 148 valence electrons. The Kier molecular flexibility index (Phi) is 4.75. The molecule has 2 aromatic rings. The van der Waals surface area contributed by atoms with Crippen molar-refractivity contribution >= 4 is 23.4 Å². The lowest BCUT2D eigenvalue weighted by Crippen LogP contribution is -2.39. The highest BCUT2D eigenvalue weighted by atomic mass is 35.5. The van der Waals surface area contributed by atoms with Crippen molar-refractivity contribution in [1.82, 2.24) is 4.98 Å². The van der Waals surface area contributed by atoms with Gasteiger partial charge in [0, 0.05) is 29.1 Å². The van der Waals surface area contributed by atoms with E-state index in [1.54, 1.807) is 31.2 Å². The number of aromatic nitrogens is 1. The fourth-order valence-corrected chi connectivity index (χ4v) is 4.22. The number of carbonyl (C=O) groups is 1. The zero-order valence-electron chi connectivity index (χ0n) is 15.7. The normalized spacial score (nSPS) is 24.7. The van der Waals surface area contributed by atoms with Crippen molar-refractivity contribution in [2.24, 2.45) is 16.6 Å². The molecule has 3 atom stereocenters. The quantitative estimate of drug-likeness (QED) is 0.759. The van der Waals surface area contributed by atoms with Gasteiger partial charge in [0.2, 0.25) is 0 Å². The number of benzene rings is 1. The number of ketones is 1. The molecular weight excluding hydrogens is 395 g/mol. The first-order valence-electron chi connectivity index (χ1n) is 9.14. The first-order valence-corrected chi connectivity index (χ1v) is 9.52. The Balaban J connectivity index is 1.67. The Hall–Kier alpha value is -2.98. The molecule has 1 aromatic carbocycles. The number of rotatable bonds is 5. The number of carbonyl (C=O) groups excluding carboxylic acids is 1. The summed E-state index contributed by atoms with van der Waals surface area (Å²) in [5.74, 6) is -0.334. The summed E-state index contributed by atoms with van der Waals surface area (Å²) in [7, 11) is 0. The van der Waals surface area contributed by atoms with Crippen LogP contribution in [0.2, 0.25) is 5.02 Å². The highest BCUT2D eigenvalue weighted by molar-refractivity contribution is 6.31. The van der Waals surface area contributed by atoms with Crippen LogP contribution in [0.4, 0.5) is 4.39 Å². The van der Waals surface area contributed by atoms with Crippen LogP contribution in [0.15, 0.2) is 35.5 Å². The highest BCUT2D eigenvalue weighted by Gasteiger charge is 2.59. The third-order valence-corrected chi connectivity index (χ3v) is 5.79. The topological polar surface area (TPSA) is 101 Å². The number of nitrogens with two attached hydrogens (primary N) is 1. The van der Waals surface area contributed by atoms with Crippen LogP contribution in [0.5, 0.6) is 0 Å². The van der Waals surface area contributed by atoms with Gasteiger partial charge in [0.25, 0.3) is 6.02 Å². The number of alkyl halides is 1. The molecular formula is C21H18ClFN4O2. The van der Waals surface area contributed by atoms with Crippen LogP contribution in [-0.4, -0.2) is 29.6 Å². The van der Waals surface area contributed by atoms with Crippen LogP contribution in [0, 0.1) is 24.2 Å². The smallest absolute Gasteiger partial charge is 0.283 e. The number of aryl methyl sites for hydroxylation is 1. The van der Waals surface area contributed by atoms with Crippen molar-refractivity contribution in [1.29, 1.82) is 5.26 Å². The second-order valence-electron chi connectivity index (χ2n) is 7.42. The molecule has 1 aromatic heterocycles. The number of amidine groups is 1. The predicted molar refractivity (Wildman–Crippen MR) is 105 cm³/mol. The summed E-state index contributed by atoms with van der Waals surface area (Å²) in [6.07, 6.45) is 1.94. The van der Waals surface area contributed by atoms with E-state index in [1.165, 1.54) is 6.20 Å². The number of ether oxygens (including phenoxy) is 1. The van der Waals surface area contributed by atoms with E-state index in [2.05, 4.69) is 9.98 Å². The van der Waals surface area contributed by atoms with Gasteiger partial charge in [-0.15, -0.1) is 0 Å². The molecule has 4 rings (SSSR count). The number of hydrogen-bond acceptors (Lipinski definition) is 6. The second kappa shape index (κ2) is 7.12. The fraction of sp³-hybridized carbons (Fsp3) is 0.333. The molecule has 1 fully saturated rings. The Bertz CT molecular complexity index is 1080. The minimum atomic E-state index is -1.19. The molecule has 0 radical (unpaired) electrons. The van der Waals surface area contributed by atoms with E-state index >= 15 is 0 Å². The maximum Gasteiger partial charge on any atom is 0.283 e. The Morgan fingerprint density at radius 1 is 1.48 bits per heavy atom. The third-order valence-electron chi connectivity index (χ3n) is 5.46. The van der Waals surface area contributed by atoms with Gasteiger partial charge >= 0.3 is 0 Å². The Labute approximate surface area is 172 Å². The van der Waals surface area contributed by atoms with Crippen molar-refractivity contribution in [3.63, 3.8) is 0 Å². The van der Waals surface area contributed by atoms with Gasteiger partial charge < -0.3 is 10.5 Å². The average molecular weight is 413 g/mol. The van der Waals surface area contributed by atoms with E-state index in [0.717, 1.165) is 0 Å². The SMILES string of the molecule is Cc1cc(C#N)cnc1C(=O)Cc1ccc(Cl)c([C@@]2(CF)N=C(N)O[C@@H]3C[C@@H]32)c1. The van der Waals surface area contributed by atoms with Crippen LogP contribution < -0.4 is 5.73 Å². The van der Waals surface area contributed by atoms with Crippen LogP contribution in [0.1, 0.15) is 39.2 Å². The van der Waals surface area contributed by atoms with Gasteiger partial charge in [-0.3, -0.25) is 9.78 Å². The molecule has 1 saturated carbocycles. The molecule has 0 unspecified atom stereocenters. The van der Waals surface area contributed by atoms with Crippen molar-refractivity contribution in [3.8, 4) is 6.07 Å². The number of fused-ring (bicyclic) bond motifs is 1. The highest BCUT2D eigenvalue weighted by Crippen LogP contribution is 2.54. The lowest BCUT2D eigenvalue weighted by atomic mass is 9.84. The molecule has 2 heterocycles. The number of nitrogens with zero attached hydrogens (tertiary/aromatic N) is 3. The van der Waals surface area contributed by atoms with E-state index in [-0.39, 0.29) is 30.2 Å². The van der Waals surface area contributed by atoms with Crippen LogP contribution >= 0.6 is 11.6 Å². The molecule has 2 aliphatic rings. The molecule has 6 nitrogen and oxygen atoms in total. The molecule has 8 heteroatoms. The van der Waals surface area contributed by atoms with E-state index in [9.17, 15) is 9.18 Å². The monoisotopic (exact) mass is 412 g/mol. The molecule has 2 N–H and O–H groups in total. The van der Waals surface area contributed by atoms with Gasteiger partial charge in [-0.25, -0.2) is 9.38 Å². The van der Waals surface area contributed by atoms with Gasteiger partial charge in [0.05, 0.1) is 5.56 Å². The van der Waals surface area contributed by atoms with Crippen LogP contribution in [-0.2, 0) is 16.7 Å². The summed E-state index contributed by atoms with van der Waals surface area (Å²) in [5, 5.41) is 9.32. The number of Topliss-reactive ketones (excluding diaryl/α,β-unsaturated/α-hetero) is 1. The predicted octanol–water partition coefficient (Wildman–Crippen LogP) is 3.24. The number of halogens is 2. The zero-order chi connectivity index (χ0) is 20.8. The van der Waals surface area contributed by atoms with Gasteiger partial charge in [0.1, 0.15) is 30.1 Å². The molecule has 29 heavy (non-hydrogen) atoms. The van der Waals surface area contributed by atoms with Crippen LogP contribution in [0.3, 0.4) is 0 Å². The molecule has 0 spiro atoms. The van der Waals surface area contributed by atoms with Gasteiger partial charge in [-0.1, -0.05) is 23.7 Å². The summed E-state index contributed by atoms with van der Waals surface area (Å²) in [4.78, 5) is 21.2. The molecule has 1 aliphatic heterocycles. The van der Waals surface area contributed by atoms with Crippen LogP contribution in [0.25, 0.3) is 0 Å². The lowest BCUT2D eigenvalue weighted by molar-refractivity contribution is 0.0987. The Morgan fingerprint density at radius 2 is 2.28 bits per heavy atom. The first-order chi connectivity index (χ1) is 13.9. The second-order valence-corrected chi connectivity index (χ2v) is 7.83. The minimum Gasteiger partial charge on any atom is -0.462 e. The number of hydrogen-bond donors (Lipinski definition) is 1. The average Bonchev–Trinajstić information content (AvgIpc) is 3.48. The van der Waals surface area contributed by atoms with Gasteiger partial charge in [0.15, 0.2) is 5.78 Å². The summed E-state index contributed by atoms with van der Waals surface area (Å²) in [6.45, 7) is 0.977. The molecule has 0 saturated heterocycles. The van der Waals surface area contributed by atoms with Crippen molar-refractivity contribution in [2.45, 2.75) is 31.4 Å². The minimum absolute atomic E-state index is 0.0450. The zero-order valence-corrected chi connectivity index (χ0v) is 16.4. The van der Waals surface area contributed by atoms with Crippen molar-refractivity contribution in [2.75, 3.05) is 6.67 Å². The number of nitriles is 1. The third kappa shape index (κ3) is 3.34. The van der Waals surface area contributed by atoms with Gasteiger partial charge in [-0.2, -0.15) is 5.26 Å². The van der Waals surface area contributed by atoms with Crippen molar-refractivity contribution in [3.05, 3.63) is 63.4 Å². The maximum absolute atomic E-state index is 14.3. The van der Waals surface area contributed by atoms with E-state index in [0.29, 0.717) is 39.4 Å². The summed E-state index contributed by atoms with van der Waals surface area (Å²) in [5.41, 5.74) is 7.08. The molecule has 0 bridgehead atoms. The van der Waals surface area contributed by atoms with Gasteiger partial charge in [-0.05, 0) is 36.6 Å². The number of pyridine rings is 1. The standard InChI is InChI=1S/C21H18ClFN4O2/c1-11-4-13(8-24)9-26-19(11)17(28)6-12-2-3-16(22)14(5-12)21(10-23)15-7-18(15)29-20(25)27-21/h2-5,9,15,18H,6-7,10H2,1H3,(H2,25,27)/t15-,18+,21+/m0/s1. The van der Waals surface area contributed by atoms with E-state index < -0.39 is 12.2 Å². The van der Waals surface area contributed by atoms with E-state index in [4.69, 9.17) is 27.3 Å². The number of aliphatic imine (C=N–C) groups is 1. The largest absolute Gasteiger partial charge is 0.462 e. The summed E-state index contributed by atoms with van der Waals surface area (Å²) >= 11 is 6.40. The fourth-order valence-electron chi connectivity index (χ4n) is 3.94. The lowest BCUT2D eigenvalue weighted by Gasteiger charge is -2.32. The van der Waals surface area contributed by atoms with E-state index in [1.807, 2.05) is 6.07 Å². The first kappa shape index (κ1) is 19.3.